The third-order valence-corrected chi connectivity index (χ3v) is 4.16. The number of ketones is 1. The van der Waals surface area contributed by atoms with Crippen molar-refractivity contribution in [3.05, 3.63) is 22.4 Å². The van der Waals surface area contributed by atoms with E-state index in [9.17, 15) is 4.79 Å². The summed E-state index contributed by atoms with van der Waals surface area (Å²) in [5.41, 5.74) is 0. The van der Waals surface area contributed by atoms with E-state index in [1.165, 1.54) is 17.7 Å². The third-order valence-electron chi connectivity index (χ3n) is 3.30. The second-order valence-corrected chi connectivity index (χ2v) is 5.81. The van der Waals surface area contributed by atoms with Crippen molar-refractivity contribution in [3.63, 3.8) is 0 Å². The van der Waals surface area contributed by atoms with Gasteiger partial charge in [0.1, 0.15) is 5.78 Å². The molecule has 1 aliphatic carbocycles. The summed E-state index contributed by atoms with van der Waals surface area (Å²) in [6.45, 7) is 4.10. The van der Waals surface area contributed by atoms with E-state index >= 15 is 0 Å². The number of carbonyl (C=O) groups excluding carboxylic acids is 1. The molecule has 0 N–H and O–H groups in total. The highest BCUT2D eigenvalue weighted by Crippen LogP contribution is 2.29. The van der Waals surface area contributed by atoms with Crippen molar-refractivity contribution in [2.75, 3.05) is 6.54 Å². The molecular weight excluding hydrogens is 230 g/mol. The van der Waals surface area contributed by atoms with Gasteiger partial charge < -0.3 is 0 Å². The Kier molecular flexibility index (Phi) is 4.75. The van der Waals surface area contributed by atoms with Crippen LogP contribution in [0.5, 0.6) is 0 Å². The van der Waals surface area contributed by atoms with Gasteiger partial charge in [-0.3, -0.25) is 9.69 Å². The normalized spacial score (nSPS) is 15.4. The van der Waals surface area contributed by atoms with Crippen molar-refractivity contribution in [1.29, 1.82) is 0 Å². The average Bonchev–Trinajstić information content (AvgIpc) is 3.06. The van der Waals surface area contributed by atoms with Crippen LogP contribution in [0, 0.1) is 0 Å². The second kappa shape index (κ2) is 6.31. The Labute approximate surface area is 108 Å². The molecule has 94 valence electrons. The van der Waals surface area contributed by atoms with Crippen molar-refractivity contribution < 1.29 is 4.79 Å². The van der Waals surface area contributed by atoms with Crippen LogP contribution in [0.4, 0.5) is 0 Å². The molecule has 1 fully saturated rings. The predicted molar refractivity (Wildman–Crippen MR) is 72.3 cm³/mol. The lowest BCUT2D eigenvalue weighted by Gasteiger charge is -2.20. The maximum absolute atomic E-state index is 11.3. The quantitative estimate of drug-likeness (QED) is 0.705. The Morgan fingerprint density at radius 1 is 1.53 bits per heavy atom. The zero-order chi connectivity index (χ0) is 12.1. The molecule has 0 atom stereocenters. The Morgan fingerprint density at radius 2 is 2.35 bits per heavy atom. The molecule has 0 unspecified atom stereocenters. The maximum atomic E-state index is 11.3. The first-order chi connectivity index (χ1) is 8.29. The van der Waals surface area contributed by atoms with E-state index in [-0.39, 0.29) is 0 Å². The molecule has 1 saturated carbocycles. The van der Waals surface area contributed by atoms with Gasteiger partial charge in [-0.25, -0.2) is 0 Å². The minimum atomic E-state index is 0.400. The van der Waals surface area contributed by atoms with Crippen molar-refractivity contribution >= 4 is 17.1 Å². The van der Waals surface area contributed by atoms with E-state index in [4.69, 9.17) is 0 Å². The fourth-order valence-electron chi connectivity index (χ4n) is 2.09. The van der Waals surface area contributed by atoms with Gasteiger partial charge in [-0.1, -0.05) is 13.0 Å². The van der Waals surface area contributed by atoms with Crippen LogP contribution in [0.2, 0.25) is 0 Å². The monoisotopic (exact) mass is 251 g/mol. The standard InChI is InChI=1S/C14H21NOS/c1-2-13(16)5-3-9-15(12-7-8-12)11-14-6-4-10-17-14/h4,6,10,12H,2-3,5,7-9,11H2,1H3. The molecule has 17 heavy (non-hydrogen) atoms. The number of Topliss-reactive ketones (excluding diaryl/α,β-unsaturated/α-hetero) is 1. The molecule has 0 aliphatic heterocycles. The van der Waals surface area contributed by atoms with Gasteiger partial charge in [0.15, 0.2) is 0 Å². The van der Waals surface area contributed by atoms with Crippen LogP contribution in [0.25, 0.3) is 0 Å². The van der Waals surface area contributed by atoms with Crippen molar-refractivity contribution in [2.24, 2.45) is 0 Å². The van der Waals surface area contributed by atoms with E-state index in [2.05, 4.69) is 22.4 Å². The molecule has 1 aromatic rings. The van der Waals surface area contributed by atoms with Crippen LogP contribution in [-0.4, -0.2) is 23.3 Å². The van der Waals surface area contributed by atoms with E-state index < -0.39 is 0 Å². The van der Waals surface area contributed by atoms with Gasteiger partial charge in [-0.05, 0) is 37.3 Å². The van der Waals surface area contributed by atoms with E-state index in [1.807, 2.05) is 18.3 Å². The van der Waals surface area contributed by atoms with Gasteiger partial charge in [0.25, 0.3) is 0 Å². The minimum Gasteiger partial charge on any atom is -0.300 e. The second-order valence-electron chi connectivity index (χ2n) is 4.78. The van der Waals surface area contributed by atoms with Gasteiger partial charge in [0, 0.05) is 30.3 Å². The van der Waals surface area contributed by atoms with Gasteiger partial charge in [-0.15, -0.1) is 11.3 Å². The van der Waals surface area contributed by atoms with Gasteiger partial charge in [-0.2, -0.15) is 0 Å². The first kappa shape index (κ1) is 12.8. The first-order valence-electron chi connectivity index (χ1n) is 6.57. The molecule has 0 aromatic carbocycles. The number of carbonyl (C=O) groups is 1. The summed E-state index contributed by atoms with van der Waals surface area (Å²) in [4.78, 5) is 15.3. The highest BCUT2D eigenvalue weighted by molar-refractivity contribution is 7.09. The van der Waals surface area contributed by atoms with Gasteiger partial charge >= 0.3 is 0 Å². The summed E-state index contributed by atoms with van der Waals surface area (Å²) in [6, 6.07) is 5.11. The van der Waals surface area contributed by atoms with Gasteiger partial charge in [0.05, 0.1) is 0 Å². The molecule has 0 bridgehead atoms. The minimum absolute atomic E-state index is 0.400. The topological polar surface area (TPSA) is 20.3 Å². The summed E-state index contributed by atoms with van der Waals surface area (Å²) in [7, 11) is 0. The Bertz CT molecular complexity index is 343. The number of thiophene rings is 1. The summed E-state index contributed by atoms with van der Waals surface area (Å²) < 4.78 is 0. The Morgan fingerprint density at radius 3 is 2.94 bits per heavy atom. The maximum Gasteiger partial charge on any atom is 0.132 e. The SMILES string of the molecule is CCC(=O)CCCN(Cc1cccs1)C1CC1. The third kappa shape index (κ3) is 4.25. The zero-order valence-electron chi connectivity index (χ0n) is 10.5. The number of hydrogen-bond donors (Lipinski definition) is 0. The molecule has 0 amide bonds. The first-order valence-corrected chi connectivity index (χ1v) is 7.45. The molecule has 3 heteroatoms. The Balaban J connectivity index is 1.75. The number of nitrogens with zero attached hydrogens (tertiary/aromatic N) is 1. The molecule has 0 saturated heterocycles. The van der Waals surface area contributed by atoms with E-state index in [1.54, 1.807) is 0 Å². The van der Waals surface area contributed by atoms with Crippen LogP contribution in [-0.2, 0) is 11.3 Å². The molecule has 0 radical (unpaired) electrons. The highest BCUT2D eigenvalue weighted by atomic mass is 32.1. The lowest BCUT2D eigenvalue weighted by Crippen LogP contribution is -2.26. The fourth-order valence-corrected chi connectivity index (χ4v) is 2.82. The van der Waals surface area contributed by atoms with Crippen molar-refractivity contribution in [3.8, 4) is 0 Å². The van der Waals surface area contributed by atoms with E-state index in [0.717, 1.165) is 32.0 Å². The zero-order valence-corrected chi connectivity index (χ0v) is 11.3. The predicted octanol–water partition coefficient (Wildman–Crippen LogP) is 3.47. The summed E-state index contributed by atoms with van der Waals surface area (Å²) in [6.07, 6.45) is 5.15. The average molecular weight is 251 g/mol. The van der Waals surface area contributed by atoms with Crippen LogP contribution < -0.4 is 0 Å². The van der Waals surface area contributed by atoms with Crippen molar-refractivity contribution in [1.82, 2.24) is 4.90 Å². The molecule has 2 rings (SSSR count). The van der Waals surface area contributed by atoms with Crippen LogP contribution >= 0.6 is 11.3 Å². The largest absolute Gasteiger partial charge is 0.300 e. The smallest absolute Gasteiger partial charge is 0.132 e. The molecule has 2 nitrogen and oxygen atoms in total. The van der Waals surface area contributed by atoms with Crippen LogP contribution in [0.15, 0.2) is 17.5 Å². The molecule has 0 spiro atoms. The number of hydrogen-bond acceptors (Lipinski definition) is 3. The lowest BCUT2D eigenvalue weighted by atomic mass is 10.2. The Hall–Kier alpha value is -0.670. The van der Waals surface area contributed by atoms with E-state index in [0.29, 0.717) is 12.2 Å². The van der Waals surface area contributed by atoms with Gasteiger partial charge in [0.2, 0.25) is 0 Å². The molecule has 1 heterocycles. The highest BCUT2D eigenvalue weighted by Gasteiger charge is 2.28. The number of rotatable bonds is 8. The molecular formula is C14H21NOS. The van der Waals surface area contributed by atoms with Crippen molar-refractivity contribution in [2.45, 2.75) is 51.6 Å². The summed E-state index contributed by atoms with van der Waals surface area (Å²) >= 11 is 1.83. The molecule has 1 aromatic heterocycles. The molecule has 1 aliphatic rings. The summed E-state index contributed by atoms with van der Waals surface area (Å²) in [5, 5.41) is 2.14. The van der Waals surface area contributed by atoms with Crippen LogP contribution in [0.1, 0.15) is 43.9 Å². The van der Waals surface area contributed by atoms with Crippen LogP contribution in [0.3, 0.4) is 0 Å². The fraction of sp³-hybridized carbons (Fsp3) is 0.643. The lowest BCUT2D eigenvalue weighted by molar-refractivity contribution is -0.118. The summed E-state index contributed by atoms with van der Waals surface area (Å²) in [5.74, 6) is 0.400.